The summed E-state index contributed by atoms with van der Waals surface area (Å²) in [6.07, 6.45) is 5.87. The third-order valence-electron chi connectivity index (χ3n) is 6.96. The monoisotopic (exact) mass is 487 g/mol. The second kappa shape index (κ2) is 9.31. The number of aromatic nitrogens is 3. The van der Waals surface area contributed by atoms with Crippen molar-refractivity contribution in [3.63, 3.8) is 0 Å². The van der Waals surface area contributed by atoms with Gasteiger partial charge in [0.25, 0.3) is 0 Å². The largest absolute Gasteiger partial charge is 0.355 e. The van der Waals surface area contributed by atoms with Crippen molar-refractivity contribution in [1.82, 2.24) is 29.7 Å². The molecule has 5 heterocycles. The Morgan fingerprint density at radius 2 is 2.00 bits per heavy atom. The lowest BCUT2D eigenvalue weighted by Gasteiger charge is -2.32. The van der Waals surface area contributed by atoms with Crippen LogP contribution in [0.2, 0.25) is 0 Å². The summed E-state index contributed by atoms with van der Waals surface area (Å²) in [6.45, 7) is 5.02. The maximum absolute atomic E-state index is 13.1. The number of H-pyrrole nitrogens is 1. The van der Waals surface area contributed by atoms with Crippen LogP contribution in [-0.4, -0.2) is 82.0 Å². The number of carbonyl (C=O) groups excluding carboxylic acids is 1. The Hall–Kier alpha value is -3.43. The summed E-state index contributed by atoms with van der Waals surface area (Å²) < 4.78 is 1.16. The van der Waals surface area contributed by atoms with Crippen molar-refractivity contribution in [3.8, 4) is 0 Å². The minimum atomic E-state index is 0.165. The average Bonchev–Trinajstić information content (AvgIpc) is 3.47. The summed E-state index contributed by atoms with van der Waals surface area (Å²) >= 11 is 1.64. The van der Waals surface area contributed by atoms with E-state index in [0.717, 1.165) is 83.9 Å². The highest BCUT2D eigenvalue weighted by molar-refractivity contribution is 7.16. The van der Waals surface area contributed by atoms with Gasteiger partial charge in [-0.05, 0) is 62.3 Å². The fourth-order valence-electron chi connectivity index (χ4n) is 4.92. The van der Waals surface area contributed by atoms with Gasteiger partial charge in [-0.1, -0.05) is 6.08 Å². The second-order valence-electron chi connectivity index (χ2n) is 9.32. The van der Waals surface area contributed by atoms with Crippen molar-refractivity contribution in [1.29, 1.82) is 0 Å². The molecular weight excluding hydrogens is 458 g/mol. The molecule has 8 nitrogen and oxygen atoms in total. The van der Waals surface area contributed by atoms with E-state index in [1.807, 2.05) is 33.6 Å². The number of amides is 2. The van der Waals surface area contributed by atoms with E-state index in [0.29, 0.717) is 6.54 Å². The summed E-state index contributed by atoms with van der Waals surface area (Å²) in [6, 6.07) is 10.6. The molecule has 4 aromatic rings. The molecule has 0 bridgehead atoms. The van der Waals surface area contributed by atoms with Crippen molar-refractivity contribution in [2.24, 2.45) is 0 Å². The number of aromatic amines is 1. The van der Waals surface area contributed by atoms with E-state index >= 15 is 0 Å². The van der Waals surface area contributed by atoms with Crippen molar-refractivity contribution in [2.45, 2.75) is 12.8 Å². The van der Waals surface area contributed by atoms with Crippen molar-refractivity contribution in [2.75, 3.05) is 51.6 Å². The molecule has 2 aliphatic rings. The van der Waals surface area contributed by atoms with Gasteiger partial charge in [-0.25, -0.2) is 14.8 Å². The highest BCUT2D eigenvalue weighted by Crippen LogP contribution is 2.31. The number of thiazole rings is 1. The summed E-state index contributed by atoms with van der Waals surface area (Å²) in [5, 5.41) is 4.60. The first-order valence-electron chi connectivity index (χ1n) is 12.1. The Kier molecular flexibility index (Phi) is 5.87. The summed E-state index contributed by atoms with van der Waals surface area (Å²) in [5.41, 5.74) is 8.10. The van der Waals surface area contributed by atoms with Crippen molar-refractivity contribution < 1.29 is 4.79 Å². The van der Waals surface area contributed by atoms with Gasteiger partial charge >= 0.3 is 6.03 Å². The molecule has 3 aromatic heterocycles. The minimum Gasteiger partial charge on any atom is -0.355 e. The number of urea groups is 1. The lowest BCUT2D eigenvalue weighted by molar-refractivity contribution is 0.159. The molecule has 0 aliphatic carbocycles. The van der Waals surface area contributed by atoms with Crippen LogP contribution in [0.25, 0.3) is 26.8 Å². The standard InChI is InChI=1S/C26H29N7OS/c1-31-9-2-10-32(14-13-31)26(34)33-11-6-18(7-12-33)23-16-20-21(5-8-27-25(20)30-23)29-19-3-4-22-24(15-19)35-17-28-22/h3-6,8,15-17H,2,7,9-14H2,1H3,(H2,27,29,30). The number of benzene rings is 1. The Bertz CT molecular complexity index is 1410. The summed E-state index contributed by atoms with van der Waals surface area (Å²) in [7, 11) is 2.12. The number of anilines is 2. The molecule has 6 rings (SSSR count). The summed E-state index contributed by atoms with van der Waals surface area (Å²) in [5.74, 6) is 0. The van der Waals surface area contributed by atoms with Crippen LogP contribution >= 0.6 is 11.3 Å². The molecule has 0 spiro atoms. The van der Waals surface area contributed by atoms with E-state index in [1.165, 1.54) is 5.57 Å². The van der Waals surface area contributed by atoms with Crippen molar-refractivity contribution >= 4 is 55.6 Å². The number of pyridine rings is 1. The van der Waals surface area contributed by atoms with Gasteiger partial charge in [0.15, 0.2) is 0 Å². The van der Waals surface area contributed by atoms with Crippen LogP contribution in [0.15, 0.2) is 48.1 Å². The van der Waals surface area contributed by atoms with Gasteiger partial charge in [-0.2, -0.15) is 0 Å². The fraction of sp³-hybridized carbons (Fsp3) is 0.346. The van der Waals surface area contributed by atoms with Crippen LogP contribution in [0.4, 0.5) is 16.2 Å². The van der Waals surface area contributed by atoms with E-state index in [4.69, 9.17) is 0 Å². The van der Waals surface area contributed by atoms with Crippen LogP contribution in [0.5, 0.6) is 0 Å². The highest BCUT2D eigenvalue weighted by Gasteiger charge is 2.25. The third-order valence-corrected chi connectivity index (χ3v) is 7.75. The predicted molar refractivity (Wildman–Crippen MR) is 142 cm³/mol. The number of nitrogens with zero attached hydrogens (tertiary/aromatic N) is 5. The first kappa shape index (κ1) is 22.1. The quantitative estimate of drug-likeness (QED) is 0.435. The molecule has 2 N–H and O–H groups in total. The number of carbonyl (C=O) groups is 1. The SMILES string of the molecule is CN1CCCN(C(=O)N2CC=C(c3cc4c(Nc5ccc6ncsc6c5)ccnc4[nH]3)CC2)CC1. The molecular formula is C26H29N7OS. The van der Waals surface area contributed by atoms with Gasteiger partial charge in [-0.3, -0.25) is 0 Å². The molecule has 2 amide bonds. The molecule has 9 heteroatoms. The minimum absolute atomic E-state index is 0.165. The van der Waals surface area contributed by atoms with Crippen LogP contribution in [0, 0.1) is 0 Å². The zero-order valence-electron chi connectivity index (χ0n) is 19.8. The second-order valence-corrected chi connectivity index (χ2v) is 10.2. The summed E-state index contributed by atoms with van der Waals surface area (Å²) in [4.78, 5) is 31.7. The maximum atomic E-state index is 13.1. The van der Waals surface area contributed by atoms with E-state index in [-0.39, 0.29) is 6.03 Å². The number of rotatable bonds is 3. The Morgan fingerprint density at radius 3 is 2.89 bits per heavy atom. The predicted octanol–water partition coefficient (Wildman–Crippen LogP) is 4.76. The molecule has 35 heavy (non-hydrogen) atoms. The van der Waals surface area contributed by atoms with E-state index < -0.39 is 0 Å². The number of likely N-dealkylation sites (N-methyl/N-ethyl adjacent to an activating group) is 1. The van der Waals surface area contributed by atoms with Crippen LogP contribution in [0.1, 0.15) is 18.5 Å². The zero-order valence-corrected chi connectivity index (χ0v) is 20.6. The van der Waals surface area contributed by atoms with Crippen LogP contribution < -0.4 is 5.32 Å². The smallest absolute Gasteiger partial charge is 0.320 e. The molecule has 180 valence electrons. The molecule has 1 fully saturated rings. The number of fused-ring (bicyclic) bond motifs is 2. The normalized spacial score (nSPS) is 17.6. The van der Waals surface area contributed by atoms with E-state index in [1.54, 1.807) is 11.3 Å². The van der Waals surface area contributed by atoms with Gasteiger partial charge < -0.3 is 25.0 Å². The fourth-order valence-corrected chi connectivity index (χ4v) is 5.64. The number of nitrogens with one attached hydrogen (secondary N) is 2. The highest BCUT2D eigenvalue weighted by atomic mass is 32.1. The van der Waals surface area contributed by atoms with Gasteiger partial charge in [0.05, 0.1) is 21.4 Å². The number of hydrogen-bond acceptors (Lipinski definition) is 6. The molecule has 0 saturated carbocycles. The maximum Gasteiger partial charge on any atom is 0.320 e. The van der Waals surface area contributed by atoms with Gasteiger partial charge in [0.2, 0.25) is 0 Å². The molecule has 2 aliphatic heterocycles. The molecule has 0 atom stereocenters. The average molecular weight is 488 g/mol. The lowest BCUT2D eigenvalue weighted by Crippen LogP contribution is -2.46. The molecule has 0 radical (unpaired) electrons. The first-order chi connectivity index (χ1) is 17.1. The molecule has 1 aromatic carbocycles. The molecule has 0 unspecified atom stereocenters. The van der Waals surface area contributed by atoms with Gasteiger partial charge in [0, 0.05) is 55.7 Å². The van der Waals surface area contributed by atoms with Crippen LogP contribution in [-0.2, 0) is 0 Å². The third kappa shape index (κ3) is 4.49. The lowest BCUT2D eigenvalue weighted by atomic mass is 10.0. The Morgan fingerprint density at radius 1 is 1.06 bits per heavy atom. The van der Waals surface area contributed by atoms with Crippen LogP contribution in [0.3, 0.4) is 0 Å². The van der Waals surface area contributed by atoms with Gasteiger partial charge in [0.1, 0.15) is 5.65 Å². The van der Waals surface area contributed by atoms with E-state index in [9.17, 15) is 4.79 Å². The van der Waals surface area contributed by atoms with Gasteiger partial charge in [-0.15, -0.1) is 11.3 Å². The Balaban J connectivity index is 1.18. The molecule has 1 saturated heterocycles. The number of hydrogen-bond donors (Lipinski definition) is 2. The topological polar surface area (TPSA) is 80.4 Å². The first-order valence-corrected chi connectivity index (χ1v) is 13.0. The van der Waals surface area contributed by atoms with Crippen molar-refractivity contribution in [3.05, 3.63) is 53.8 Å². The zero-order chi connectivity index (χ0) is 23.8. The van der Waals surface area contributed by atoms with E-state index in [2.05, 4.69) is 56.5 Å². The Labute approximate surface area is 208 Å².